The van der Waals surface area contributed by atoms with E-state index < -0.39 is 5.97 Å². The number of nitrogens with one attached hydrogen (secondary N) is 1. The summed E-state index contributed by atoms with van der Waals surface area (Å²) < 4.78 is 1.89. The van der Waals surface area contributed by atoms with Crippen LogP contribution in [0.1, 0.15) is 40.7 Å². The standard InChI is InChI=1S/C19H26N4O3/c1-12-16(13(2)23(5)21-12)7-6-10-22(4)18-9-8-15(20-14(3)24)11-17(18)19(25)26/h8-9,11H,6-7,10H2,1-5H3,(H,20,24)(H,25,26). The normalized spacial score (nSPS) is 10.7. The summed E-state index contributed by atoms with van der Waals surface area (Å²) in [5.74, 6) is -1.25. The molecule has 2 N–H and O–H groups in total. The van der Waals surface area contributed by atoms with Crippen molar-refractivity contribution in [3.8, 4) is 0 Å². The Bertz CT molecular complexity index is 826. The van der Waals surface area contributed by atoms with Crippen LogP contribution in [0, 0.1) is 13.8 Å². The van der Waals surface area contributed by atoms with Crippen molar-refractivity contribution in [3.05, 3.63) is 40.7 Å². The lowest BCUT2D eigenvalue weighted by Gasteiger charge is -2.22. The molecular formula is C19H26N4O3. The third kappa shape index (κ3) is 4.41. The van der Waals surface area contributed by atoms with Gasteiger partial charge in [0.15, 0.2) is 0 Å². The van der Waals surface area contributed by atoms with Crippen LogP contribution in [0.3, 0.4) is 0 Å². The number of aryl methyl sites for hydroxylation is 2. The van der Waals surface area contributed by atoms with Gasteiger partial charge in [0.25, 0.3) is 0 Å². The molecule has 1 aromatic carbocycles. The minimum absolute atomic E-state index is 0.174. The number of carboxylic acid groups (broad SMARTS) is 1. The highest BCUT2D eigenvalue weighted by atomic mass is 16.4. The van der Waals surface area contributed by atoms with Gasteiger partial charge in [-0.2, -0.15) is 5.10 Å². The zero-order chi connectivity index (χ0) is 19.4. The van der Waals surface area contributed by atoms with Gasteiger partial charge in [-0.25, -0.2) is 4.79 Å². The molecule has 7 nitrogen and oxygen atoms in total. The zero-order valence-electron chi connectivity index (χ0n) is 16.0. The molecule has 2 aromatic rings. The van der Waals surface area contributed by atoms with Crippen LogP contribution < -0.4 is 10.2 Å². The van der Waals surface area contributed by atoms with Gasteiger partial charge in [-0.3, -0.25) is 9.48 Å². The number of carbonyl (C=O) groups excluding carboxylic acids is 1. The molecule has 1 amide bonds. The van der Waals surface area contributed by atoms with Crippen LogP contribution in [-0.2, 0) is 18.3 Å². The molecule has 1 aromatic heterocycles. The third-order valence-electron chi connectivity index (χ3n) is 4.54. The van der Waals surface area contributed by atoms with Gasteiger partial charge in [-0.15, -0.1) is 0 Å². The van der Waals surface area contributed by atoms with E-state index in [2.05, 4.69) is 17.3 Å². The molecule has 0 saturated carbocycles. The lowest BCUT2D eigenvalue weighted by Crippen LogP contribution is -2.22. The molecule has 0 fully saturated rings. The van der Waals surface area contributed by atoms with E-state index in [9.17, 15) is 14.7 Å². The van der Waals surface area contributed by atoms with Crippen molar-refractivity contribution in [1.82, 2.24) is 9.78 Å². The number of benzene rings is 1. The van der Waals surface area contributed by atoms with Crippen LogP contribution in [0.25, 0.3) is 0 Å². The van der Waals surface area contributed by atoms with E-state index in [0.717, 1.165) is 24.2 Å². The van der Waals surface area contributed by atoms with Gasteiger partial charge in [0.05, 0.1) is 16.9 Å². The fourth-order valence-electron chi connectivity index (χ4n) is 3.11. The van der Waals surface area contributed by atoms with Crippen LogP contribution in [-0.4, -0.2) is 40.4 Å². The lowest BCUT2D eigenvalue weighted by molar-refractivity contribution is -0.114. The lowest BCUT2D eigenvalue weighted by atomic mass is 10.1. The number of hydrogen-bond donors (Lipinski definition) is 2. The number of hydrogen-bond acceptors (Lipinski definition) is 4. The van der Waals surface area contributed by atoms with E-state index in [0.29, 0.717) is 17.9 Å². The molecule has 7 heteroatoms. The zero-order valence-corrected chi connectivity index (χ0v) is 16.0. The number of anilines is 2. The Balaban J connectivity index is 2.09. The van der Waals surface area contributed by atoms with Crippen molar-refractivity contribution in [2.75, 3.05) is 23.8 Å². The second-order valence-electron chi connectivity index (χ2n) is 6.52. The van der Waals surface area contributed by atoms with Gasteiger partial charge < -0.3 is 15.3 Å². The first-order chi connectivity index (χ1) is 12.2. The minimum Gasteiger partial charge on any atom is -0.478 e. The summed E-state index contributed by atoms with van der Waals surface area (Å²) >= 11 is 0. The number of amides is 1. The van der Waals surface area contributed by atoms with Crippen molar-refractivity contribution in [1.29, 1.82) is 0 Å². The average molecular weight is 358 g/mol. The second-order valence-corrected chi connectivity index (χ2v) is 6.52. The Morgan fingerprint density at radius 3 is 2.54 bits per heavy atom. The average Bonchev–Trinajstić information content (AvgIpc) is 2.80. The Kier molecular flexibility index (Phi) is 6.02. The maximum atomic E-state index is 11.6. The summed E-state index contributed by atoms with van der Waals surface area (Å²) in [4.78, 5) is 24.7. The third-order valence-corrected chi connectivity index (χ3v) is 4.54. The molecule has 0 saturated heterocycles. The summed E-state index contributed by atoms with van der Waals surface area (Å²) in [5, 5.41) is 16.5. The van der Waals surface area contributed by atoms with E-state index in [4.69, 9.17) is 0 Å². The van der Waals surface area contributed by atoms with Gasteiger partial charge >= 0.3 is 5.97 Å². The first kappa shape index (κ1) is 19.5. The number of rotatable bonds is 7. The SMILES string of the molecule is CC(=O)Nc1ccc(N(C)CCCc2c(C)nn(C)c2C)c(C(=O)O)c1. The fourth-order valence-corrected chi connectivity index (χ4v) is 3.11. The molecule has 0 radical (unpaired) electrons. The highest BCUT2D eigenvalue weighted by Crippen LogP contribution is 2.24. The van der Waals surface area contributed by atoms with E-state index in [1.165, 1.54) is 18.6 Å². The molecule has 0 bridgehead atoms. The van der Waals surface area contributed by atoms with Crippen molar-refractivity contribution in [2.45, 2.75) is 33.6 Å². The predicted octanol–water partition coefficient (Wildman–Crippen LogP) is 2.76. The monoisotopic (exact) mass is 358 g/mol. The molecule has 0 aliphatic heterocycles. The first-order valence-corrected chi connectivity index (χ1v) is 8.55. The van der Waals surface area contributed by atoms with Gasteiger partial charge in [0.2, 0.25) is 5.91 Å². The number of carbonyl (C=O) groups is 2. The van der Waals surface area contributed by atoms with E-state index in [1.807, 2.05) is 30.6 Å². The highest BCUT2D eigenvalue weighted by Gasteiger charge is 2.15. The maximum Gasteiger partial charge on any atom is 0.337 e. The Labute approximate surface area is 153 Å². The summed E-state index contributed by atoms with van der Waals surface area (Å²) in [6, 6.07) is 4.94. The van der Waals surface area contributed by atoms with Crippen LogP contribution >= 0.6 is 0 Å². The van der Waals surface area contributed by atoms with Gasteiger partial charge in [-0.05, 0) is 50.5 Å². The molecule has 0 aliphatic carbocycles. The molecule has 140 valence electrons. The Hall–Kier alpha value is -2.83. The minimum atomic E-state index is -1.02. The fraction of sp³-hybridized carbons (Fsp3) is 0.421. The predicted molar refractivity (Wildman–Crippen MR) is 102 cm³/mol. The number of nitrogens with zero attached hydrogens (tertiary/aromatic N) is 3. The van der Waals surface area contributed by atoms with Crippen LogP contribution in [0.15, 0.2) is 18.2 Å². The Morgan fingerprint density at radius 1 is 1.31 bits per heavy atom. The summed E-state index contributed by atoms with van der Waals surface area (Å²) in [7, 11) is 3.82. The van der Waals surface area contributed by atoms with Gasteiger partial charge in [-0.1, -0.05) is 0 Å². The molecule has 0 aliphatic rings. The van der Waals surface area contributed by atoms with E-state index >= 15 is 0 Å². The largest absolute Gasteiger partial charge is 0.478 e. The summed E-state index contributed by atoms with van der Waals surface area (Å²) in [5.41, 5.74) is 4.74. The van der Waals surface area contributed by atoms with Crippen molar-refractivity contribution < 1.29 is 14.7 Å². The summed E-state index contributed by atoms with van der Waals surface area (Å²) in [6.07, 6.45) is 1.78. The van der Waals surface area contributed by atoms with E-state index in [1.54, 1.807) is 12.1 Å². The topological polar surface area (TPSA) is 87.5 Å². The quantitative estimate of drug-likeness (QED) is 0.795. The van der Waals surface area contributed by atoms with Gasteiger partial charge in [0.1, 0.15) is 0 Å². The molecule has 26 heavy (non-hydrogen) atoms. The number of carboxylic acids is 1. The summed E-state index contributed by atoms with van der Waals surface area (Å²) in [6.45, 7) is 6.17. The smallest absolute Gasteiger partial charge is 0.337 e. The van der Waals surface area contributed by atoms with Crippen LogP contribution in [0.2, 0.25) is 0 Å². The molecular weight excluding hydrogens is 332 g/mol. The second kappa shape index (κ2) is 8.03. The maximum absolute atomic E-state index is 11.6. The van der Waals surface area contributed by atoms with E-state index in [-0.39, 0.29) is 11.5 Å². The number of aromatic nitrogens is 2. The Morgan fingerprint density at radius 2 is 2.00 bits per heavy atom. The molecule has 2 rings (SSSR count). The molecule has 0 spiro atoms. The van der Waals surface area contributed by atoms with Crippen LogP contribution in [0.5, 0.6) is 0 Å². The number of aromatic carboxylic acids is 1. The van der Waals surface area contributed by atoms with Crippen molar-refractivity contribution in [3.63, 3.8) is 0 Å². The van der Waals surface area contributed by atoms with Crippen molar-refractivity contribution in [2.24, 2.45) is 7.05 Å². The van der Waals surface area contributed by atoms with Gasteiger partial charge in [0, 0.05) is 38.9 Å². The van der Waals surface area contributed by atoms with Crippen molar-refractivity contribution >= 4 is 23.3 Å². The first-order valence-electron chi connectivity index (χ1n) is 8.55. The molecule has 0 atom stereocenters. The van der Waals surface area contributed by atoms with Crippen LogP contribution in [0.4, 0.5) is 11.4 Å². The molecule has 0 unspecified atom stereocenters. The highest BCUT2D eigenvalue weighted by molar-refractivity contribution is 5.97. The molecule has 1 heterocycles.